The first kappa shape index (κ1) is 11.1. The van der Waals surface area contributed by atoms with E-state index in [9.17, 15) is 4.79 Å². The number of fused-ring (bicyclic) bond motifs is 1. The Labute approximate surface area is 95.5 Å². The zero-order chi connectivity index (χ0) is 11.5. The van der Waals surface area contributed by atoms with Gasteiger partial charge in [-0.3, -0.25) is 9.78 Å². The average Bonchev–Trinajstić information content (AvgIpc) is 2.27. The van der Waals surface area contributed by atoms with Crippen LogP contribution in [-0.2, 0) is 17.6 Å². The molecule has 1 heterocycles. The average molecular weight is 219 g/mol. The van der Waals surface area contributed by atoms with Crippen LogP contribution in [0, 0.1) is 0 Å². The Balaban J connectivity index is 2.29. The van der Waals surface area contributed by atoms with E-state index in [-0.39, 0.29) is 12.3 Å². The lowest BCUT2D eigenvalue weighted by molar-refractivity contribution is -0.137. The van der Waals surface area contributed by atoms with Crippen molar-refractivity contribution in [3.8, 4) is 0 Å². The minimum absolute atomic E-state index is 0.0676. The minimum atomic E-state index is -0.735. The van der Waals surface area contributed by atoms with E-state index in [1.54, 1.807) is 0 Å². The van der Waals surface area contributed by atoms with Crippen LogP contribution < -0.4 is 0 Å². The summed E-state index contributed by atoms with van der Waals surface area (Å²) in [5.74, 6) is -0.668. The van der Waals surface area contributed by atoms with Crippen LogP contribution in [0.25, 0.3) is 0 Å². The first-order valence-corrected chi connectivity index (χ1v) is 5.86. The summed E-state index contributed by atoms with van der Waals surface area (Å²) in [6.07, 6.45) is 8.59. The van der Waals surface area contributed by atoms with Gasteiger partial charge in [-0.05, 0) is 48.3 Å². The molecule has 1 aliphatic carbocycles. The first-order chi connectivity index (χ1) is 7.68. The molecule has 3 nitrogen and oxygen atoms in total. The molecule has 0 bridgehead atoms. The number of nitrogens with zero attached hydrogens (tertiary/aromatic N) is 1. The number of aliphatic carboxylic acids is 1. The van der Waals surface area contributed by atoms with E-state index in [4.69, 9.17) is 5.11 Å². The first-order valence-electron chi connectivity index (χ1n) is 5.86. The molecule has 3 heteroatoms. The van der Waals surface area contributed by atoms with Gasteiger partial charge < -0.3 is 5.11 Å². The highest BCUT2D eigenvalue weighted by Crippen LogP contribution is 2.29. The van der Waals surface area contributed by atoms with Crippen LogP contribution >= 0.6 is 0 Å². The lowest BCUT2D eigenvalue weighted by atomic mass is 9.85. The molecule has 0 fully saturated rings. The van der Waals surface area contributed by atoms with Crippen molar-refractivity contribution in [1.29, 1.82) is 0 Å². The predicted molar refractivity (Wildman–Crippen MR) is 61.5 cm³/mol. The van der Waals surface area contributed by atoms with Crippen LogP contribution in [0.15, 0.2) is 12.4 Å². The maximum Gasteiger partial charge on any atom is 0.303 e. The molecule has 16 heavy (non-hydrogen) atoms. The standard InChI is InChI=1S/C13H17NO2/c1-9(6-13(15)16)12-8-14-7-10-4-2-3-5-11(10)12/h7-9H,2-6H2,1H3,(H,15,16). The highest BCUT2D eigenvalue weighted by molar-refractivity contribution is 5.68. The number of rotatable bonds is 3. The summed E-state index contributed by atoms with van der Waals surface area (Å²) in [7, 11) is 0. The third-order valence-corrected chi connectivity index (χ3v) is 3.31. The van der Waals surface area contributed by atoms with Crippen LogP contribution in [0.4, 0.5) is 0 Å². The minimum Gasteiger partial charge on any atom is -0.481 e. The number of carboxylic acids is 1. The summed E-state index contributed by atoms with van der Waals surface area (Å²) in [4.78, 5) is 15.0. The molecule has 0 saturated heterocycles. The Morgan fingerprint density at radius 3 is 2.94 bits per heavy atom. The van der Waals surface area contributed by atoms with E-state index in [1.165, 1.54) is 24.0 Å². The van der Waals surface area contributed by atoms with Gasteiger partial charge in [-0.25, -0.2) is 0 Å². The quantitative estimate of drug-likeness (QED) is 0.849. The van der Waals surface area contributed by atoms with Crippen molar-refractivity contribution in [3.63, 3.8) is 0 Å². The summed E-state index contributed by atoms with van der Waals surface area (Å²) < 4.78 is 0. The Hall–Kier alpha value is -1.38. The predicted octanol–water partition coefficient (Wildman–Crippen LogP) is 2.54. The number of carbonyl (C=O) groups is 1. The molecule has 0 saturated carbocycles. The van der Waals surface area contributed by atoms with Gasteiger partial charge in [-0.1, -0.05) is 6.92 Å². The second-order valence-electron chi connectivity index (χ2n) is 4.57. The second kappa shape index (κ2) is 4.64. The fraction of sp³-hybridized carbons (Fsp3) is 0.538. The molecule has 1 N–H and O–H groups in total. The lowest BCUT2D eigenvalue weighted by Gasteiger charge is -2.21. The highest BCUT2D eigenvalue weighted by atomic mass is 16.4. The van der Waals surface area contributed by atoms with Gasteiger partial charge in [0.2, 0.25) is 0 Å². The molecule has 0 aliphatic heterocycles. The van der Waals surface area contributed by atoms with Gasteiger partial charge in [0.05, 0.1) is 6.42 Å². The second-order valence-corrected chi connectivity index (χ2v) is 4.57. The zero-order valence-electron chi connectivity index (χ0n) is 9.57. The smallest absolute Gasteiger partial charge is 0.303 e. The van der Waals surface area contributed by atoms with Crippen molar-refractivity contribution in [1.82, 2.24) is 4.98 Å². The van der Waals surface area contributed by atoms with Gasteiger partial charge in [-0.15, -0.1) is 0 Å². The Bertz CT molecular complexity index is 401. The van der Waals surface area contributed by atoms with Crippen LogP contribution in [0.1, 0.15) is 48.8 Å². The molecule has 0 amide bonds. The number of hydrogen-bond donors (Lipinski definition) is 1. The topological polar surface area (TPSA) is 50.2 Å². The monoisotopic (exact) mass is 219 g/mol. The molecular formula is C13H17NO2. The molecule has 1 aliphatic rings. The largest absolute Gasteiger partial charge is 0.481 e. The molecule has 0 aromatic carbocycles. The fourth-order valence-corrected chi connectivity index (χ4v) is 2.48. The van der Waals surface area contributed by atoms with Crippen LogP contribution in [0.5, 0.6) is 0 Å². The third-order valence-electron chi connectivity index (χ3n) is 3.31. The molecule has 1 unspecified atom stereocenters. The van der Waals surface area contributed by atoms with Gasteiger partial charge in [0, 0.05) is 12.4 Å². The van der Waals surface area contributed by atoms with E-state index in [1.807, 2.05) is 19.3 Å². The number of aryl methyl sites for hydroxylation is 1. The van der Waals surface area contributed by atoms with E-state index >= 15 is 0 Å². The molecular weight excluding hydrogens is 202 g/mol. The SMILES string of the molecule is CC(CC(=O)O)c1cncc2c1CCCC2. The van der Waals surface area contributed by atoms with Gasteiger partial charge >= 0.3 is 5.97 Å². The highest BCUT2D eigenvalue weighted by Gasteiger charge is 2.18. The van der Waals surface area contributed by atoms with Gasteiger partial charge in [0.25, 0.3) is 0 Å². The van der Waals surface area contributed by atoms with Gasteiger partial charge in [-0.2, -0.15) is 0 Å². The Morgan fingerprint density at radius 2 is 2.19 bits per heavy atom. The van der Waals surface area contributed by atoms with Crippen LogP contribution in [-0.4, -0.2) is 16.1 Å². The summed E-state index contributed by atoms with van der Waals surface area (Å²) in [5, 5.41) is 8.83. The molecule has 1 aromatic heterocycles. The van der Waals surface area contributed by atoms with Crippen LogP contribution in [0.3, 0.4) is 0 Å². The molecule has 0 spiro atoms. The van der Waals surface area contributed by atoms with Crippen molar-refractivity contribution in [2.45, 2.75) is 44.9 Å². The summed E-state index contributed by atoms with van der Waals surface area (Å²) in [6.45, 7) is 1.97. The number of carboxylic acid groups (broad SMARTS) is 1. The summed E-state index contributed by atoms with van der Waals surface area (Å²) in [6, 6.07) is 0. The fourth-order valence-electron chi connectivity index (χ4n) is 2.48. The Morgan fingerprint density at radius 1 is 1.44 bits per heavy atom. The summed E-state index contributed by atoms with van der Waals surface area (Å²) >= 11 is 0. The number of aromatic nitrogens is 1. The lowest BCUT2D eigenvalue weighted by Crippen LogP contribution is -2.11. The maximum absolute atomic E-state index is 10.7. The van der Waals surface area contributed by atoms with Gasteiger partial charge in [0.1, 0.15) is 0 Å². The van der Waals surface area contributed by atoms with Gasteiger partial charge in [0.15, 0.2) is 0 Å². The maximum atomic E-state index is 10.7. The van der Waals surface area contributed by atoms with E-state index in [2.05, 4.69) is 4.98 Å². The van der Waals surface area contributed by atoms with Crippen molar-refractivity contribution >= 4 is 5.97 Å². The number of hydrogen-bond acceptors (Lipinski definition) is 2. The normalized spacial score (nSPS) is 16.6. The summed E-state index contributed by atoms with van der Waals surface area (Å²) in [5.41, 5.74) is 3.82. The van der Waals surface area contributed by atoms with E-state index in [0.717, 1.165) is 18.4 Å². The van der Waals surface area contributed by atoms with Crippen LogP contribution in [0.2, 0.25) is 0 Å². The van der Waals surface area contributed by atoms with Crippen molar-refractivity contribution in [2.24, 2.45) is 0 Å². The molecule has 0 radical (unpaired) electrons. The number of pyridine rings is 1. The van der Waals surface area contributed by atoms with Crippen molar-refractivity contribution < 1.29 is 9.90 Å². The molecule has 2 rings (SSSR count). The van der Waals surface area contributed by atoms with E-state index in [0.29, 0.717) is 0 Å². The van der Waals surface area contributed by atoms with Crippen molar-refractivity contribution in [2.75, 3.05) is 0 Å². The van der Waals surface area contributed by atoms with Crippen molar-refractivity contribution in [3.05, 3.63) is 29.1 Å². The van der Waals surface area contributed by atoms with E-state index < -0.39 is 5.97 Å². The molecule has 1 aromatic rings. The third kappa shape index (κ3) is 2.23. The molecule has 86 valence electrons. The zero-order valence-corrected chi connectivity index (χ0v) is 9.57. The molecule has 1 atom stereocenters. The Kier molecular flexibility index (Phi) is 3.22.